The summed E-state index contributed by atoms with van der Waals surface area (Å²) >= 11 is 0. The molecule has 8 heteroatoms. The second-order valence-electron chi connectivity index (χ2n) is 4.22. The van der Waals surface area contributed by atoms with Gasteiger partial charge in [0, 0.05) is 0 Å². The van der Waals surface area contributed by atoms with E-state index in [2.05, 4.69) is 0 Å². The van der Waals surface area contributed by atoms with Gasteiger partial charge >= 0.3 is 6.18 Å². The van der Waals surface area contributed by atoms with Crippen LogP contribution in [0.1, 0.15) is 15.9 Å². The fraction of sp³-hybridized carbons (Fsp3) is 0.0714. The summed E-state index contributed by atoms with van der Waals surface area (Å²) in [5, 5.41) is 1.79. The normalized spacial score (nSPS) is 11.4. The van der Waals surface area contributed by atoms with Crippen molar-refractivity contribution >= 4 is 11.6 Å². The zero-order valence-corrected chi connectivity index (χ0v) is 10.6. The quantitative estimate of drug-likeness (QED) is 0.646. The van der Waals surface area contributed by atoms with E-state index in [-0.39, 0.29) is 0 Å². The fourth-order valence-electron chi connectivity index (χ4n) is 1.74. The van der Waals surface area contributed by atoms with Crippen molar-refractivity contribution in [3.05, 3.63) is 65.0 Å². The third-order valence-electron chi connectivity index (χ3n) is 2.76. The minimum Gasteiger partial charge on any atom is -0.319 e. The molecule has 0 aromatic heterocycles. The molecule has 0 saturated heterocycles. The highest BCUT2D eigenvalue weighted by atomic mass is 19.4. The molecule has 0 aliphatic carbocycles. The van der Waals surface area contributed by atoms with Crippen molar-refractivity contribution in [1.82, 2.24) is 0 Å². The van der Waals surface area contributed by atoms with E-state index in [1.807, 2.05) is 0 Å². The van der Waals surface area contributed by atoms with Crippen molar-refractivity contribution < 1.29 is 31.1 Å². The highest BCUT2D eigenvalue weighted by molar-refractivity contribution is 6.05. The summed E-state index contributed by atoms with van der Waals surface area (Å²) in [4.78, 5) is 11.8. The second-order valence-corrected chi connectivity index (χ2v) is 4.22. The van der Waals surface area contributed by atoms with Crippen molar-refractivity contribution in [2.45, 2.75) is 6.18 Å². The molecule has 2 aromatic rings. The maximum atomic E-state index is 13.4. The Hall–Kier alpha value is -2.51. The number of nitrogens with one attached hydrogen (secondary N) is 1. The molecule has 0 radical (unpaired) electrons. The van der Waals surface area contributed by atoms with Crippen molar-refractivity contribution in [3.63, 3.8) is 0 Å². The van der Waals surface area contributed by atoms with Crippen LogP contribution in [0.5, 0.6) is 0 Å². The first-order chi connectivity index (χ1) is 10.2. The van der Waals surface area contributed by atoms with Crippen LogP contribution in [0.25, 0.3) is 0 Å². The van der Waals surface area contributed by atoms with Gasteiger partial charge in [-0.3, -0.25) is 4.79 Å². The van der Waals surface area contributed by atoms with Gasteiger partial charge in [-0.15, -0.1) is 0 Å². The molecule has 0 aliphatic rings. The van der Waals surface area contributed by atoms with Gasteiger partial charge < -0.3 is 5.32 Å². The summed E-state index contributed by atoms with van der Waals surface area (Å²) < 4.78 is 77.6. The van der Waals surface area contributed by atoms with Gasteiger partial charge in [0.1, 0.15) is 0 Å². The number of halogens is 6. The average molecular weight is 319 g/mol. The summed E-state index contributed by atoms with van der Waals surface area (Å²) in [6, 6.07) is 5.08. The minimum absolute atomic E-state index is 0.545. The largest absolute Gasteiger partial charge is 0.417 e. The van der Waals surface area contributed by atoms with Gasteiger partial charge in [0.25, 0.3) is 5.91 Å². The third kappa shape index (κ3) is 3.05. The molecule has 1 N–H and O–H groups in total. The molecule has 0 spiro atoms. The van der Waals surface area contributed by atoms with Crippen molar-refractivity contribution in [2.75, 3.05) is 5.32 Å². The van der Waals surface area contributed by atoms with Crippen molar-refractivity contribution in [1.29, 1.82) is 0 Å². The highest BCUT2D eigenvalue weighted by Crippen LogP contribution is 2.32. The maximum absolute atomic E-state index is 13.4. The van der Waals surface area contributed by atoms with Crippen LogP contribution in [0.3, 0.4) is 0 Å². The van der Waals surface area contributed by atoms with Gasteiger partial charge in [0.05, 0.1) is 16.8 Å². The van der Waals surface area contributed by atoms with Gasteiger partial charge in [-0.1, -0.05) is 12.1 Å². The smallest absolute Gasteiger partial charge is 0.319 e. The van der Waals surface area contributed by atoms with Crippen LogP contribution < -0.4 is 5.32 Å². The van der Waals surface area contributed by atoms with E-state index in [0.717, 1.165) is 12.1 Å². The van der Waals surface area contributed by atoms with Crippen LogP contribution in [0, 0.1) is 17.5 Å². The predicted molar refractivity (Wildman–Crippen MR) is 65.7 cm³/mol. The molecule has 22 heavy (non-hydrogen) atoms. The predicted octanol–water partition coefficient (Wildman–Crippen LogP) is 4.38. The lowest BCUT2D eigenvalue weighted by Gasteiger charge is -2.13. The Balaban J connectivity index is 2.37. The van der Waals surface area contributed by atoms with Gasteiger partial charge in [-0.05, 0) is 24.3 Å². The Morgan fingerprint density at radius 1 is 0.909 bits per heavy atom. The molecule has 0 bridgehead atoms. The lowest BCUT2D eigenvalue weighted by atomic mass is 10.1. The summed E-state index contributed by atoms with van der Waals surface area (Å²) in [7, 11) is 0. The zero-order chi connectivity index (χ0) is 16.5. The molecular formula is C14H7F6NO. The van der Waals surface area contributed by atoms with Gasteiger partial charge in [0.15, 0.2) is 17.5 Å². The van der Waals surface area contributed by atoms with Gasteiger partial charge in [0.2, 0.25) is 0 Å². The lowest BCUT2D eigenvalue weighted by Crippen LogP contribution is -2.19. The highest BCUT2D eigenvalue weighted by Gasteiger charge is 2.35. The summed E-state index contributed by atoms with van der Waals surface area (Å²) in [6.07, 6.45) is -4.79. The van der Waals surface area contributed by atoms with Crippen LogP contribution in [0.15, 0.2) is 36.4 Å². The van der Waals surface area contributed by atoms with Crippen LogP contribution in [-0.2, 0) is 6.18 Å². The summed E-state index contributed by atoms with van der Waals surface area (Å²) in [5.41, 5.74) is -2.75. The maximum Gasteiger partial charge on any atom is 0.417 e. The number of carbonyl (C=O) groups is 1. The molecule has 2 nitrogen and oxygen atoms in total. The summed E-state index contributed by atoms with van der Waals surface area (Å²) in [5.74, 6) is -6.30. The first-order valence-corrected chi connectivity index (χ1v) is 5.83. The number of benzene rings is 2. The van der Waals surface area contributed by atoms with Crippen molar-refractivity contribution in [2.24, 2.45) is 0 Å². The molecule has 0 atom stereocenters. The molecule has 0 saturated carbocycles. The number of hydrogen-bond donors (Lipinski definition) is 1. The zero-order valence-electron chi connectivity index (χ0n) is 10.6. The second kappa shape index (κ2) is 5.70. The molecule has 1 amide bonds. The average Bonchev–Trinajstić information content (AvgIpc) is 2.47. The van der Waals surface area contributed by atoms with Gasteiger partial charge in [-0.2, -0.15) is 13.2 Å². The number of amides is 1. The lowest BCUT2D eigenvalue weighted by molar-refractivity contribution is -0.137. The Morgan fingerprint density at radius 2 is 1.55 bits per heavy atom. The third-order valence-corrected chi connectivity index (χ3v) is 2.76. The number of alkyl halides is 3. The molecule has 0 aliphatic heterocycles. The van der Waals surface area contributed by atoms with E-state index < -0.39 is 46.3 Å². The van der Waals surface area contributed by atoms with E-state index >= 15 is 0 Å². The number of anilines is 1. The molecule has 116 valence electrons. The monoisotopic (exact) mass is 319 g/mol. The van der Waals surface area contributed by atoms with Crippen molar-refractivity contribution in [3.8, 4) is 0 Å². The van der Waals surface area contributed by atoms with E-state index in [0.29, 0.717) is 18.2 Å². The molecular weight excluding hydrogens is 312 g/mol. The minimum atomic E-state index is -4.79. The summed E-state index contributed by atoms with van der Waals surface area (Å²) in [6.45, 7) is 0. The Labute approximate surface area is 120 Å². The fourth-order valence-corrected chi connectivity index (χ4v) is 1.74. The number of carbonyl (C=O) groups excluding carboxylic acids is 1. The van der Waals surface area contributed by atoms with E-state index in [1.165, 1.54) is 6.07 Å². The first kappa shape index (κ1) is 15.9. The molecule has 2 aromatic carbocycles. The molecule has 2 rings (SSSR count). The molecule has 0 unspecified atom stereocenters. The van der Waals surface area contributed by atoms with Crippen LogP contribution >= 0.6 is 0 Å². The Bertz CT molecular complexity index is 726. The van der Waals surface area contributed by atoms with E-state index in [9.17, 15) is 31.1 Å². The topological polar surface area (TPSA) is 29.1 Å². The SMILES string of the molecule is O=C(Nc1ccc(F)c(F)c1F)c1ccccc1C(F)(F)F. The number of hydrogen-bond acceptors (Lipinski definition) is 1. The standard InChI is InChI=1S/C14H7F6NO/c15-9-5-6-10(12(17)11(9)16)21-13(22)7-3-1-2-4-8(7)14(18,19)20/h1-6H,(H,21,22). The van der Waals surface area contributed by atoms with Crippen LogP contribution in [0.4, 0.5) is 32.0 Å². The number of rotatable bonds is 2. The van der Waals surface area contributed by atoms with E-state index in [1.54, 1.807) is 5.32 Å². The van der Waals surface area contributed by atoms with Crippen LogP contribution in [0.2, 0.25) is 0 Å². The first-order valence-electron chi connectivity index (χ1n) is 5.83. The Morgan fingerprint density at radius 3 is 2.18 bits per heavy atom. The molecule has 0 fully saturated rings. The van der Waals surface area contributed by atoms with Crippen LogP contribution in [-0.4, -0.2) is 5.91 Å². The van der Waals surface area contributed by atoms with E-state index in [4.69, 9.17) is 0 Å². The Kier molecular flexibility index (Phi) is 4.11. The van der Waals surface area contributed by atoms with Gasteiger partial charge in [-0.25, -0.2) is 13.2 Å². The molecule has 0 heterocycles.